The van der Waals surface area contributed by atoms with Crippen LogP contribution in [0, 0.1) is 11.8 Å². The molecule has 5 rings (SSSR count). The minimum Gasteiger partial charge on any atom is -0.459 e. The van der Waals surface area contributed by atoms with Gasteiger partial charge in [-0.25, -0.2) is 0 Å². The lowest BCUT2D eigenvalue weighted by molar-refractivity contribution is 0.355. The topological polar surface area (TPSA) is 69.5 Å². The van der Waals surface area contributed by atoms with Crippen LogP contribution in [-0.4, -0.2) is 41.3 Å². The number of nitrogens with one attached hydrogen (secondary N) is 2. The van der Waals surface area contributed by atoms with E-state index < -0.39 is 0 Å². The first-order valence-electron chi connectivity index (χ1n) is 12.6. The first-order valence-corrected chi connectivity index (χ1v) is 13.0. The molecule has 2 atom stereocenters. The van der Waals surface area contributed by atoms with Crippen molar-refractivity contribution in [2.45, 2.75) is 39.7 Å². The van der Waals surface area contributed by atoms with Crippen LogP contribution in [0.25, 0.3) is 11.3 Å². The molecule has 0 saturated carbocycles. The molecule has 2 saturated heterocycles. The molecule has 2 fully saturated rings. The minimum atomic E-state index is 0.479. The predicted octanol–water partition coefficient (Wildman–Crippen LogP) is 5.31. The Morgan fingerprint density at radius 2 is 1.66 bits per heavy atom. The molecule has 0 aliphatic carbocycles. The molecule has 1 aromatic carbocycles. The number of hydrogen-bond donors (Lipinski definition) is 2. The van der Waals surface area contributed by atoms with E-state index in [1.54, 1.807) is 0 Å². The molecule has 184 valence electrons. The second-order valence-electron chi connectivity index (χ2n) is 9.89. The summed E-state index contributed by atoms with van der Waals surface area (Å²) < 4.78 is 5.98. The van der Waals surface area contributed by atoms with E-state index in [9.17, 15) is 0 Å². The normalized spacial score (nSPS) is 20.2. The van der Waals surface area contributed by atoms with E-state index in [-0.39, 0.29) is 0 Å². The van der Waals surface area contributed by atoms with Crippen LogP contribution in [0.4, 0.5) is 17.6 Å². The molecular formula is C27H34N6OS. The quantitative estimate of drug-likeness (QED) is 0.451. The van der Waals surface area contributed by atoms with Crippen LogP contribution in [0.15, 0.2) is 52.9 Å². The predicted molar refractivity (Wildman–Crippen MR) is 146 cm³/mol. The fraction of sp³-hybridized carbons (Fsp3) is 0.444. The van der Waals surface area contributed by atoms with Gasteiger partial charge in [0, 0.05) is 37.8 Å². The van der Waals surface area contributed by atoms with Gasteiger partial charge in [0.25, 0.3) is 0 Å². The highest BCUT2D eigenvalue weighted by Crippen LogP contribution is 2.29. The van der Waals surface area contributed by atoms with E-state index in [0.717, 1.165) is 54.9 Å². The van der Waals surface area contributed by atoms with Crippen molar-refractivity contribution in [3.8, 4) is 11.3 Å². The lowest BCUT2D eigenvalue weighted by Crippen LogP contribution is -2.39. The summed E-state index contributed by atoms with van der Waals surface area (Å²) in [6.45, 7) is 9.23. The largest absolute Gasteiger partial charge is 0.459 e. The standard InChI is InChI=1S/C27H34N6OS/c1-19-14-20(2)18-33(17-19)25-15-24(32-12-6-7-13-32)29-26(30-25)31-27(35)28-16-22-10-11-23(34-22)21-8-4-3-5-9-21/h3-5,8-11,15,19-20H,6-7,12-14,16-18H2,1-2H3,(H2,28,29,30,31,35)/t19-,20-/m0/s1. The van der Waals surface area contributed by atoms with Crippen LogP contribution in [0.1, 0.15) is 38.9 Å². The third kappa shape index (κ3) is 5.93. The van der Waals surface area contributed by atoms with Gasteiger partial charge < -0.3 is 24.9 Å². The number of nitrogens with zero attached hydrogens (tertiary/aromatic N) is 4. The molecule has 2 aromatic heterocycles. The molecule has 0 spiro atoms. The lowest BCUT2D eigenvalue weighted by Gasteiger charge is -2.36. The van der Waals surface area contributed by atoms with Crippen LogP contribution < -0.4 is 20.4 Å². The summed E-state index contributed by atoms with van der Waals surface area (Å²) in [5.41, 5.74) is 1.06. The molecule has 0 bridgehead atoms. The Morgan fingerprint density at radius 3 is 2.37 bits per heavy atom. The van der Waals surface area contributed by atoms with Gasteiger partial charge in [-0.05, 0) is 55.4 Å². The van der Waals surface area contributed by atoms with E-state index in [1.165, 1.54) is 19.3 Å². The minimum absolute atomic E-state index is 0.479. The van der Waals surface area contributed by atoms with Crippen LogP contribution in [-0.2, 0) is 6.54 Å². The molecule has 0 amide bonds. The average Bonchev–Trinajstić information content (AvgIpc) is 3.55. The zero-order chi connectivity index (χ0) is 24.2. The SMILES string of the molecule is C[C@H]1C[C@H](C)CN(c2cc(N3CCCC3)nc(NC(=S)NCc3ccc(-c4ccccc4)o3)n2)C1. The maximum atomic E-state index is 5.98. The number of piperidine rings is 1. The first-order chi connectivity index (χ1) is 17.0. The summed E-state index contributed by atoms with van der Waals surface area (Å²) in [6.07, 6.45) is 3.67. The van der Waals surface area contributed by atoms with Gasteiger partial charge in [0.05, 0.1) is 6.54 Å². The highest BCUT2D eigenvalue weighted by molar-refractivity contribution is 7.80. The molecule has 0 radical (unpaired) electrons. The summed E-state index contributed by atoms with van der Waals surface area (Å²) in [7, 11) is 0. The van der Waals surface area contributed by atoms with Crippen molar-refractivity contribution in [1.29, 1.82) is 0 Å². The van der Waals surface area contributed by atoms with Crippen LogP contribution in [0.3, 0.4) is 0 Å². The molecule has 8 heteroatoms. The summed E-state index contributed by atoms with van der Waals surface area (Å²) >= 11 is 5.58. The van der Waals surface area contributed by atoms with E-state index in [0.29, 0.717) is 29.4 Å². The van der Waals surface area contributed by atoms with Gasteiger partial charge in [-0.2, -0.15) is 9.97 Å². The molecular weight excluding hydrogens is 456 g/mol. The summed E-state index contributed by atoms with van der Waals surface area (Å²) in [4.78, 5) is 14.4. The van der Waals surface area contributed by atoms with Gasteiger partial charge in [-0.1, -0.05) is 44.2 Å². The van der Waals surface area contributed by atoms with Crippen molar-refractivity contribution in [3.05, 3.63) is 54.3 Å². The highest BCUT2D eigenvalue weighted by atomic mass is 32.1. The van der Waals surface area contributed by atoms with Gasteiger partial charge in [0.1, 0.15) is 23.2 Å². The van der Waals surface area contributed by atoms with E-state index in [4.69, 9.17) is 26.6 Å². The van der Waals surface area contributed by atoms with Crippen molar-refractivity contribution in [3.63, 3.8) is 0 Å². The maximum absolute atomic E-state index is 5.98. The highest BCUT2D eigenvalue weighted by Gasteiger charge is 2.25. The Balaban J connectivity index is 1.27. The molecule has 3 aromatic rings. The third-order valence-electron chi connectivity index (χ3n) is 6.69. The lowest BCUT2D eigenvalue weighted by atomic mass is 9.92. The molecule has 35 heavy (non-hydrogen) atoms. The third-order valence-corrected chi connectivity index (χ3v) is 6.94. The van der Waals surface area contributed by atoms with E-state index in [1.807, 2.05) is 42.5 Å². The number of thiocarbonyl (C=S) groups is 1. The molecule has 4 heterocycles. The van der Waals surface area contributed by atoms with E-state index >= 15 is 0 Å². The number of rotatable bonds is 6. The zero-order valence-corrected chi connectivity index (χ0v) is 21.4. The molecule has 0 unspecified atom stereocenters. The number of hydrogen-bond acceptors (Lipinski definition) is 6. The number of benzene rings is 1. The smallest absolute Gasteiger partial charge is 0.232 e. The number of aromatic nitrogens is 2. The number of anilines is 3. The zero-order valence-electron chi connectivity index (χ0n) is 20.5. The fourth-order valence-electron chi connectivity index (χ4n) is 5.14. The summed E-state index contributed by atoms with van der Waals surface area (Å²) in [5.74, 6) is 5.45. The Labute approximate surface area is 212 Å². The Hall–Kier alpha value is -3.13. The Morgan fingerprint density at radius 1 is 0.971 bits per heavy atom. The second kappa shape index (κ2) is 10.6. The van der Waals surface area contributed by atoms with Crippen molar-refractivity contribution in [2.75, 3.05) is 41.3 Å². The molecule has 7 nitrogen and oxygen atoms in total. The maximum Gasteiger partial charge on any atom is 0.232 e. The molecule has 2 aliphatic heterocycles. The first kappa shape index (κ1) is 23.6. The van der Waals surface area contributed by atoms with Gasteiger partial charge in [-0.3, -0.25) is 0 Å². The second-order valence-corrected chi connectivity index (χ2v) is 10.3. The average molecular weight is 491 g/mol. The Bertz CT molecular complexity index is 1130. The fourth-order valence-corrected chi connectivity index (χ4v) is 5.31. The molecule has 2 N–H and O–H groups in total. The molecule has 2 aliphatic rings. The van der Waals surface area contributed by atoms with Gasteiger partial charge in [0.15, 0.2) is 5.11 Å². The van der Waals surface area contributed by atoms with Crippen molar-refractivity contribution in [1.82, 2.24) is 15.3 Å². The summed E-state index contributed by atoms with van der Waals surface area (Å²) in [5, 5.41) is 6.93. The van der Waals surface area contributed by atoms with Crippen LogP contribution >= 0.6 is 12.2 Å². The van der Waals surface area contributed by atoms with Gasteiger partial charge >= 0.3 is 0 Å². The van der Waals surface area contributed by atoms with Crippen LogP contribution in [0.5, 0.6) is 0 Å². The monoisotopic (exact) mass is 490 g/mol. The summed E-state index contributed by atoms with van der Waals surface area (Å²) in [6, 6.07) is 16.2. The van der Waals surface area contributed by atoms with Crippen molar-refractivity contribution < 1.29 is 4.42 Å². The van der Waals surface area contributed by atoms with Gasteiger partial charge in [-0.15, -0.1) is 0 Å². The van der Waals surface area contributed by atoms with Crippen molar-refractivity contribution in [2.24, 2.45) is 11.8 Å². The Kier molecular flexibility index (Phi) is 7.18. The van der Waals surface area contributed by atoms with E-state index in [2.05, 4.69) is 40.3 Å². The van der Waals surface area contributed by atoms with Gasteiger partial charge in [0.2, 0.25) is 5.95 Å². The number of furan rings is 1. The van der Waals surface area contributed by atoms with Crippen LogP contribution in [0.2, 0.25) is 0 Å². The van der Waals surface area contributed by atoms with Crippen molar-refractivity contribution >= 4 is 34.9 Å².